The van der Waals surface area contributed by atoms with E-state index in [-0.39, 0.29) is 5.41 Å². The van der Waals surface area contributed by atoms with Crippen LogP contribution in [-0.4, -0.2) is 37.3 Å². The van der Waals surface area contributed by atoms with E-state index >= 15 is 0 Å². The number of rotatable bonds is 5. The van der Waals surface area contributed by atoms with Crippen LogP contribution in [0.15, 0.2) is 36.4 Å². The van der Waals surface area contributed by atoms with Gasteiger partial charge in [-0.1, -0.05) is 32.9 Å². The Hall–Kier alpha value is -3.02. The van der Waals surface area contributed by atoms with Gasteiger partial charge in [-0.15, -0.1) is 0 Å². The molecule has 0 saturated carbocycles. The van der Waals surface area contributed by atoms with Gasteiger partial charge < -0.3 is 19.1 Å². The molecule has 1 fully saturated rings. The molecule has 1 aromatic heterocycles. The molecule has 0 N–H and O–H groups in total. The zero-order valence-electron chi connectivity index (χ0n) is 18.4. The summed E-state index contributed by atoms with van der Waals surface area (Å²) in [5.74, 6) is 2.90. The van der Waals surface area contributed by atoms with Crippen molar-refractivity contribution in [3.63, 3.8) is 0 Å². The molecular formula is C24H29N3O3. The first kappa shape index (κ1) is 20.3. The van der Waals surface area contributed by atoms with Crippen LogP contribution >= 0.6 is 0 Å². The number of hydrogen-bond donors (Lipinski definition) is 0. The molecule has 2 aromatic carbocycles. The normalized spacial score (nSPS) is 14.2. The van der Waals surface area contributed by atoms with Gasteiger partial charge in [-0.05, 0) is 42.0 Å². The Morgan fingerprint density at radius 1 is 0.867 bits per heavy atom. The molecule has 6 heteroatoms. The van der Waals surface area contributed by atoms with Crippen molar-refractivity contribution in [1.29, 1.82) is 0 Å². The third-order valence-corrected chi connectivity index (χ3v) is 5.50. The molecule has 2 heterocycles. The molecule has 0 bridgehead atoms. The number of fused-ring (bicyclic) bond motifs is 1. The Morgan fingerprint density at radius 2 is 1.50 bits per heavy atom. The Morgan fingerprint density at radius 3 is 2.10 bits per heavy atom. The van der Waals surface area contributed by atoms with Crippen molar-refractivity contribution in [3.05, 3.63) is 42.0 Å². The van der Waals surface area contributed by atoms with Gasteiger partial charge in [0.05, 0.1) is 19.7 Å². The third kappa shape index (κ3) is 3.99. The summed E-state index contributed by atoms with van der Waals surface area (Å²) in [6.45, 7) is 8.53. The molecule has 0 spiro atoms. The van der Waals surface area contributed by atoms with Crippen molar-refractivity contribution in [1.82, 2.24) is 9.97 Å². The van der Waals surface area contributed by atoms with E-state index in [1.165, 1.54) is 5.56 Å². The molecule has 1 saturated heterocycles. The minimum absolute atomic E-state index is 0.0938. The summed E-state index contributed by atoms with van der Waals surface area (Å²) in [6.07, 6.45) is 2.31. The third-order valence-electron chi connectivity index (χ3n) is 5.50. The smallest absolute Gasteiger partial charge is 0.324 e. The molecule has 0 unspecified atom stereocenters. The molecule has 0 radical (unpaired) electrons. The standard InChI is InChI=1S/C24H29N3O3/c1-24(2,3)16-8-10-17(11-9-16)30-23-25-19-15-21(29-5)20(28-4)14-18(19)22(26-23)27-12-6-7-13-27/h8-11,14-15H,6-7,12-13H2,1-5H3. The van der Waals surface area contributed by atoms with Crippen LogP contribution < -0.4 is 19.1 Å². The van der Waals surface area contributed by atoms with Gasteiger partial charge in [0.2, 0.25) is 0 Å². The van der Waals surface area contributed by atoms with E-state index in [1.54, 1.807) is 14.2 Å². The van der Waals surface area contributed by atoms with Gasteiger partial charge in [-0.25, -0.2) is 0 Å². The molecule has 158 valence electrons. The lowest BCUT2D eigenvalue weighted by Gasteiger charge is -2.20. The van der Waals surface area contributed by atoms with E-state index in [0.717, 1.165) is 48.4 Å². The first-order chi connectivity index (χ1) is 14.4. The number of ether oxygens (including phenoxy) is 3. The number of anilines is 1. The number of methoxy groups -OCH3 is 2. The lowest BCUT2D eigenvalue weighted by Crippen LogP contribution is -2.20. The molecule has 0 amide bonds. The van der Waals surface area contributed by atoms with Crippen LogP contribution in [-0.2, 0) is 5.41 Å². The van der Waals surface area contributed by atoms with Crippen molar-refractivity contribution >= 4 is 16.7 Å². The minimum atomic E-state index is 0.0938. The van der Waals surface area contributed by atoms with Gasteiger partial charge in [-0.2, -0.15) is 9.97 Å². The van der Waals surface area contributed by atoms with Crippen LogP contribution in [0.1, 0.15) is 39.2 Å². The number of aromatic nitrogens is 2. The van der Waals surface area contributed by atoms with Gasteiger partial charge in [0.15, 0.2) is 11.5 Å². The van der Waals surface area contributed by atoms with E-state index in [1.807, 2.05) is 24.3 Å². The van der Waals surface area contributed by atoms with Gasteiger partial charge >= 0.3 is 6.01 Å². The van der Waals surface area contributed by atoms with Crippen molar-refractivity contribution in [2.75, 3.05) is 32.2 Å². The second-order valence-electron chi connectivity index (χ2n) is 8.62. The fraction of sp³-hybridized carbons (Fsp3) is 0.417. The Balaban J connectivity index is 1.76. The van der Waals surface area contributed by atoms with Gasteiger partial charge in [-0.3, -0.25) is 0 Å². The van der Waals surface area contributed by atoms with Crippen molar-refractivity contribution in [2.24, 2.45) is 0 Å². The molecule has 4 rings (SSSR count). The molecular weight excluding hydrogens is 378 g/mol. The summed E-state index contributed by atoms with van der Waals surface area (Å²) >= 11 is 0. The van der Waals surface area contributed by atoms with Crippen LogP contribution in [0.2, 0.25) is 0 Å². The Bertz CT molecular complexity index is 1040. The average molecular weight is 408 g/mol. The molecule has 0 aliphatic carbocycles. The van der Waals surface area contributed by atoms with E-state index in [0.29, 0.717) is 17.5 Å². The Kier molecular flexibility index (Phi) is 5.41. The maximum atomic E-state index is 6.06. The maximum absolute atomic E-state index is 6.06. The summed E-state index contributed by atoms with van der Waals surface area (Å²) < 4.78 is 17.0. The monoisotopic (exact) mass is 407 g/mol. The highest BCUT2D eigenvalue weighted by Gasteiger charge is 2.21. The largest absolute Gasteiger partial charge is 0.493 e. The highest BCUT2D eigenvalue weighted by Crippen LogP contribution is 2.37. The molecule has 0 atom stereocenters. The fourth-order valence-corrected chi connectivity index (χ4v) is 3.76. The molecule has 6 nitrogen and oxygen atoms in total. The first-order valence-electron chi connectivity index (χ1n) is 10.4. The second-order valence-corrected chi connectivity index (χ2v) is 8.62. The fourth-order valence-electron chi connectivity index (χ4n) is 3.76. The summed E-state index contributed by atoms with van der Waals surface area (Å²) in [7, 11) is 3.26. The SMILES string of the molecule is COc1cc2nc(Oc3ccc(C(C)(C)C)cc3)nc(N3CCCC3)c2cc1OC. The van der Waals surface area contributed by atoms with E-state index < -0.39 is 0 Å². The van der Waals surface area contributed by atoms with E-state index in [2.05, 4.69) is 42.8 Å². The van der Waals surface area contributed by atoms with Crippen LogP contribution in [0.4, 0.5) is 5.82 Å². The van der Waals surface area contributed by atoms with Crippen molar-refractivity contribution in [2.45, 2.75) is 39.0 Å². The predicted molar refractivity (Wildman–Crippen MR) is 119 cm³/mol. The second kappa shape index (κ2) is 8.01. The lowest BCUT2D eigenvalue weighted by molar-refractivity contribution is 0.355. The number of hydrogen-bond acceptors (Lipinski definition) is 6. The predicted octanol–water partition coefficient (Wildman–Crippen LogP) is 5.34. The maximum Gasteiger partial charge on any atom is 0.324 e. The Labute approximate surface area is 177 Å². The zero-order chi connectivity index (χ0) is 21.3. The summed E-state index contributed by atoms with van der Waals surface area (Å²) in [6, 6.07) is 12.3. The van der Waals surface area contributed by atoms with Gasteiger partial charge in [0.25, 0.3) is 0 Å². The van der Waals surface area contributed by atoms with Crippen LogP contribution in [0, 0.1) is 0 Å². The highest BCUT2D eigenvalue weighted by atomic mass is 16.5. The summed E-state index contributed by atoms with van der Waals surface area (Å²) in [4.78, 5) is 11.7. The molecule has 1 aliphatic heterocycles. The summed E-state index contributed by atoms with van der Waals surface area (Å²) in [5, 5.41) is 0.935. The van der Waals surface area contributed by atoms with E-state index in [9.17, 15) is 0 Å². The molecule has 1 aliphatic rings. The summed E-state index contributed by atoms with van der Waals surface area (Å²) in [5.41, 5.74) is 2.12. The molecule has 30 heavy (non-hydrogen) atoms. The number of nitrogens with zero attached hydrogens (tertiary/aromatic N) is 3. The zero-order valence-corrected chi connectivity index (χ0v) is 18.4. The highest BCUT2D eigenvalue weighted by molar-refractivity contribution is 5.92. The lowest BCUT2D eigenvalue weighted by atomic mass is 9.87. The van der Waals surface area contributed by atoms with Crippen LogP contribution in [0.5, 0.6) is 23.3 Å². The van der Waals surface area contributed by atoms with Gasteiger partial charge in [0, 0.05) is 24.5 Å². The molecule has 3 aromatic rings. The first-order valence-corrected chi connectivity index (χ1v) is 10.4. The van der Waals surface area contributed by atoms with Crippen LogP contribution in [0.25, 0.3) is 10.9 Å². The number of benzene rings is 2. The average Bonchev–Trinajstić information content (AvgIpc) is 3.26. The van der Waals surface area contributed by atoms with Crippen LogP contribution in [0.3, 0.4) is 0 Å². The van der Waals surface area contributed by atoms with Crippen molar-refractivity contribution in [3.8, 4) is 23.3 Å². The minimum Gasteiger partial charge on any atom is -0.493 e. The van der Waals surface area contributed by atoms with Gasteiger partial charge in [0.1, 0.15) is 11.6 Å². The van der Waals surface area contributed by atoms with E-state index in [4.69, 9.17) is 19.2 Å². The topological polar surface area (TPSA) is 56.7 Å². The quantitative estimate of drug-likeness (QED) is 0.569. The van der Waals surface area contributed by atoms with Crippen molar-refractivity contribution < 1.29 is 14.2 Å².